The Kier molecular flexibility index (Phi) is 6.46. The molecule has 1 amide bonds. The van der Waals surface area contributed by atoms with Gasteiger partial charge in [0.25, 0.3) is 5.91 Å². The first-order chi connectivity index (χ1) is 14.9. The predicted octanol–water partition coefficient (Wildman–Crippen LogP) is 4.25. The van der Waals surface area contributed by atoms with Gasteiger partial charge in [-0.3, -0.25) is 14.7 Å². The van der Waals surface area contributed by atoms with Crippen molar-refractivity contribution >= 4 is 5.91 Å². The minimum atomic E-state index is -4.45. The van der Waals surface area contributed by atoms with Gasteiger partial charge in [0.2, 0.25) is 0 Å². The van der Waals surface area contributed by atoms with E-state index in [-0.39, 0.29) is 17.6 Å². The number of likely N-dealkylation sites (tertiary alicyclic amines) is 2. The number of rotatable bonds is 4. The Bertz CT molecular complexity index is 875. The van der Waals surface area contributed by atoms with Gasteiger partial charge in [0, 0.05) is 50.2 Å². The number of amides is 1. The number of nitrogens with zero attached hydrogens (tertiary/aromatic N) is 3. The third-order valence-corrected chi connectivity index (χ3v) is 6.13. The van der Waals surface area contributed by atoms with E-state index in [0.29, 0.717) is 19.1 Å². The van der Waals surface area contributed by atoms with Gasteiger partial charge in [-0.2, -0.15) is 13.2 Å². The van der Waals surface area contributed by atoms with E-state index in [9.17, 15) is 18.0 Å². The van der Waals surface area contributed by atoms with Crippen molar-refractivity contribution in [1.82, 2.24) is 14.8 Å². The van der Waals surface area contributed by atoms with Crippen LogP contribution in [-0.2, 0) is 6.18 Å². The van der Waals surface area contributed by atoms with Gasteiger partial charge >= 0.3 is 6.18 Å². The Morgan fingerprint density at radius 1 is 0.968 bits per heavy atom. The summed E-state index contributed by atoms with van der Waals surface area (Å²) in [6, 6.07) is 8.81. The summed E-state index contributed by atoms with van der Waals surface area (Å²) in [4.78, 5) is 20.8. The zero-order chi connectivity index (χ0) is 21.8. The summed E-state index contributed by atoms with van der Waals surface area (Å²) in [5.41, 5.74) is -0.688. The number of hydrogen-bond acceptors (Lipinski definition) is 4. The van der Waals surface area contributed by atoms with E-state index in [4.69, 9.17) is 4.74 Å². The molecule has 1 aromatic heterocycles. The Labute approximate surface area is 179 Å². The molecule has 8 heteroatoms. The topological polar surface area (TPSA) is 45.7 Å². The molecule has 2 saturated heterocycles. The second-order valence-electron chi connectivity index (χ2n) is 8.14. The number of benzene rings is 1. The highest BCUT2D eigenvalue weighted by Crippen LogP contribution is 2.30. The summed E-state index contributed by atoms with van der Waals surface area (Å²) in [6.45, 7) is 3.02. The average molecular weight is 433 g/mol. The van der Waals surface area contributed by atoms with E-state index in [0.717, 1.165) is 56.7 Å². The van der Waals surface area contributed by atoms with Crippen molar-refractivity contribution in [3.63, 3.8) is 0 Å². The zero-order valence-electron chi connectivity index (χ0n) is 17.2. The lowest BCUT2D eigenvalue weighted by molar-refractivity contribution is -0.137. The molecule has 0 spiro atoms. The van der Waals surface area contributed by atoms with Crippen LogP contribution in [0.2, 0.25) is 0 Å². The number of hydrogen-bond donors (Lipinski definition) is 0. The normalized spacial score (nSPS) is 19.4. The van der Waals surface area contributed by atoms with Crippen LogP contribution in [0.3, 0.4) is 0 Å². The van der Waals surface area contributed by atoms with Crippen molar-refractivity contribution < 1.29 is 22.7 Å². The second kappa shape index (κ2) is 9.26. The molecule has 4 rings (SSSR count). The molecule has 2 aromatic rings. The van der Waals surface area contributed by atoms with Crippen LogP contribution in [0.25, 0.3) is 0 Å². The summed E-state index contributed by atoms with van der Waals surface area (Å²) < 4.78 is 44.8. The number of halogens is 3. The van der Waals surface area contributed by atoms with Gasteiger partial charge in [-0.05, 0) is 56.0 Å². The third-order valence-electron chi connectivity index (χ3n) is 6.13. The maximum atomic E-state index is 12.9. The average Bonchev–Trinajstić information content (AvgIpc) is 2.79. The highest BCUT2D eigenvalue weighted by Gasteiger charge is 2.33. The molecule has 0 aliphatic carbocycles. The molecule has 31 heavy (non-hydrogen) atoms. The minimum Gasteiger partial charge on any atom is -0.490 e. The number of ether oxygens (including phenoxy) is 1. The van der Waals surface area contributed by atoms with Crippen LogP contribution >= 0.6 is 0 Å². The molecule has 0 N–H and O–H groups in total. The molecule has 5 nitrogen and oxygen atoms in total. The molecule has 2 fully saturated rings. The standard InChI is InChI=1S/C23H26F3N3O2/c24-23(25,26)18-3-1-2-17(16-18)22(30)29-12-6-19(7-13-29)28-14-8-21(9-15-28)31-20-4-10-27-11-5-20/h1-5,10-11,16,19,21H,6-9,12-15H2. The molecule has 0 bridgehead atoms. The quantitative estimate of drug-likeness (QED) is 0.723. The molecule has 3 heterocycles. The van der Waals surface area contributed by atoms with Crippen LogP contribution in [0.15, 0.2) is 48.8 Å². The molecule has 0 atom stereocenters. The van der Waals surface area contributed by atoms with Gasteiger partial charge in [0.1, 0.15) is 11.9 Å². The van der Waals surface area contributed by atoms with E-state index in [1.807, 2.05) is 12.1 Å². The monoisotopic (exact) mass is 433 g/mol. The smallest absolute Gasteiger partial charge is 0.416 e. The van der Waals surface area contributed by atoms with E-state index in [1.54, 1.807) is 17.3 Å². The zero-order valence-corrected chi connectivity index (χ0v) is 17.2. The van der Waals surface area contributed by atoms with Gasteiger partial charge in [-0.15, -0.1) is 0 Å². The van der Waals surface area contributed by atoms with Crippen LogP contribution in [0, 0.1) is 0 Å². The van der Waals surface area contributed by atoms with Gasteiger partial charge in [-0.1, -0.05) is 6.07 Å². The minimum absolute atomic E-state index is 0.0994. The lowest BCUT2D eigenvalue weighted by Crippen LogP contribution is -2.50. The first-order valence-corrected chi connectivity index (χ1v) is 10.7. The fraction of sp³-hybridized carbons (Fsp3) is 0.478. The van der Waals surface area contributed by atoms with Crippen LogP contribution < -0.4 is 4.74 Å². The summed E-state index contributed by atoms with van der Waals surface area (Å²) in [5.74, 6) is 0.517. The van der Waals surface area contributed by atoms with Gasteiger partial charge in [0.15, 0.2) is 0 Å². The van der Waals surface area contributed by atoms with Crippen LogP contribution in [0.4, 0.5) is 13.2 Å². The fourth-order valence-electron chi connectivity index (χ4n) is 4.41. The van der Waals surface area contributed by atoms with E-state index in [2.05, 4.69) is 9.88 Å². The first-order valence-electron chi connectivity index (χ1n) is 10.7. The molecule has 166 valence electrons. The molecular formula is C23H26F3N3O2. The fourth-order valence-corrected chi connectivity index (χ4v) is 4.41. The Hall–Kier alpha value is -2.61. The van der Waals surface area contributed by atoms with Gasteiger partial charge in [0.05, 0.1) is 5.56 Å². The summed E-state index contributed by atoms with van der Waals surface area (Å²) in [6.07, 6.45) is 2.76. The lowest BCUT2D eigenvalue weighted by atomic mass is 9.98. The highest BCUT2D eigenvalue weighted by atomic mass is 19.4. The maximum Gasteiger partial charge on any atom is 0.416 e. The van der Waals surface area contributed by atoms with Gasteiger partial charge < -0.3 is 9.64 Å². The number of piperidine rings is 2. The van der Waals surface area contributed by atoms with Crippen molar-refractivity contribution in [3.05, 3.63) is 59.9 Å². The van der Waals surface area contributed by atoms with E-state index in [1.165, 1.54) is 12.1 Å². The molecule has 1 aromatic carbocycles. The van der Waals surface area contributed by atoms with Crippen molar-refractivity contribution in [2.24, 2.45) is 0 Å². The Morgan fingerprint density at radius 2 is 1.65 bits per heavy atom. The van der Waals surface area contributed by atoms with Crippen LogP contribution in [0.1, 0.15) is 41.6 Å². The predicted molar refractivity (Wildman–Crippen MR) is 110 cm³/mol. The third kappa shape index (κ3) is 5.36. The summed E-state index contributed by atoms with van der Waals surface area (Å²) in [5, 5.41) is 0. The van der Waals surface area contributed by atoms with Crippen LogP contribution in [0.5, 0.6) is 5.75 Å². The molecular weight excluding hydrogens is 407 g/mol. The summed E-state index contributed by atoms with van der Waals surface area (Å²) in [7, 11) is 0. The number of carbonyl (C=O) groups is 1. The number of carbonyl (C=O) groups excluding carboxylic acids is 1. The molecule has 0 unspecified atom stereocenters. The molecule has 0 radical (unpaired) electrons. The first kappa shape index (κ1) is 21.6. The van der Waals surface area contributed by atoms with Crippen molar-refractivity contribution in [1.29, 1.82) is 0 Å². The molecule has 2 aliphatic rings. The van der Waals surface area contributed by atoms with Crippen molar-refractivity contribution in [3.8, 4) is 5.75 Å². The van der Waals surface area contributed by atoms with Crippen molar-refractivity contribution in [2.75, 3.05) is 26.2 Å². The Balaban J connectivity index is 1.26. The highest BCUT2D eigenvalue weighted by molar-refractivity contribution is 5.94. The van der Waals surface area contributed by atoms with Crippen LogP contribution in [-0.4, -0.2) is 59.0 Å². The summed E-state index contributed by atoms with van der Waals surface area (Å²) >= 11 is 0. The SMILES string of the molecule is O=C(c1cccc(C(F)(F)F)c1)N1CCC(N2CCC(Oc3ccncc3)CC2)CC1. The largest absolute Gasteiger partial charge is 0.490 e. The van der Waals surface area contributed by atoms with E-state index >= 15 is 0 Å². The number of aromatic nitrogens is 1. The maximum absolute atomic E-state index is 12.9. The van der Waals surface area contributed by atoms with E-state index < -0.39 is 11.7 Å². The molecule has 2 aliphatic heterocycles. The Morgan fingerprint density at radius 3 is 2.29 bits per heavy atom. The second-order valence-corrected chi connectivity index (χ2v) is 8.14. The lowest BCUT2D eigenvalue weighted by Gasteiger charge is -2.41. The number of pyridine rings is 1. The van der Waals surface area contributed by atoms with Gasteiger partial charge in [-0.25, -0.2) is 0 Å². The number of alkyl halides is 3. The van der Waals surface area contributed by atoms with Crippen molar-refractivity contribution in [2.45, 2.75) is 44.0 Å². The molecule has 0 saturated carbocycles.